The second-order valence-corrected chi connectivity index (χ2v) is 4.47. The first kappa shape index (κ1) is 19.2. The van der Waals surface area contributed by atoms with E-state index in [1.165, 1.54) is 0 Å². The molecule has 0 aliphatic rings. The molecule has 1 aromatic rings. The lowest BCUT2D eigenvalue weighted by atomic mass is 10.2. The van der Waals surface area contributed by atoms with Gasteiger partial charge in [-0.25, -0.2) is 4.79 Å². The quantitative estimate of drug-likeness (QED) is 0.713. The predicted octanol–water partition coefficient (Wildman–Crippen LogP) is 3.99. The van der Waals surface area contributed by atoms with E-state index in [0.29, 0.717) is 25.2 Å². The zero-order chi connectivity index (χ0) is 15.9. The molecule has 0 amide bonds. The van der Waals surface area contributed by atoms with Gasteiger partial charge >= 0.3 is 11.9 Å². The van der Waals surface area contributed by atoms with E-state index in [9.17, 15) is 9.59 Å². The van der Waals surface area contributed by atoms with E-state index >= 15 is 0 Å². The molecule has 0 aromatic heterocycles. The Kier molecular flexibility index (Phi) is 12.0. The summed E-state index contributed by atoms with van der Waals surface area (Å²) in [7, 11) is 0. The van der Waals surface area contributed by atoms with Gasteiger partial charge < -0.3 is 9.47 Å². The SMILES string of the molecule is CCCOC(=O)CCC.CCCOC(=O)c1ccccc1. The molecular formula is C17H26O4. The second kappa shape index (κ2) is 13.2. The van der Waals surface area contributed by atoms with Crippen molar-refractivity contribution in [3.05, 3.63) is 35.9 Å². The standard InChI is InChI=1S/C10H12O2.C7H14O2/c1-2-8-12-10(11)9-6-4-3-5-7-9;1-3-5-7(8)9-6-4-2/h3-7H,2,8H2,1H3;3-6H2,1-2H3. The monoisotopic (exact) mass is 294 g/mol. The summed E-state index contributed by atoms with van der Waals surface area (Å²) in [6.45, 7) is 6.98. The normalized spacial score (nSPS) is 9.29. The molecule has 118 valence electrons. The molecule has 0 atom stereocenters. The molecule has 0 spiro atoms. The van der Waals surface area contributed by atoms with E-state index in [0.717, 1.165) is 19.3 Å². The Labute approximate surface area is 127 Å². The summed E-state index contributed by atoms with van der Waals surface area (Å²) in [5.74, 6) is -0.309. The first-order chi connectivity index (χ1) is 10.2. The van der Waals surface area contributed by atoms with Crippen molar-refractivity contribution in [3.63, 3.8) is 0 Å². The number of hydrogen-bond acceptors (Lipinski definition) is 4. The Morgan fingerprint density at radius 2 is 1.43 bits per heavy atom. The molecule has 1 rings (SSSR count). The number of ether oxygens (including phenoxy) is 2. The molecule has 0 aliphatic heterocycles. The molecule has 0 saturated carbocycles. The minimum atomic E-state index is -0.238. The van der Waals surface area contributed by atoms with Crippen LogP contribution in [0.1, 0.15) is 56.8 Å². The van der Waals surface area contributed by atoms with Crippen LogP contribution in [0.5, 0.6) is 0 Å². The lowest BCUT2D eigenvalue weighted by Crippen LogP contribution is -2.05. The molecule has 0 bridgehead atoms. The van der Waals surface area contributed by atoms with Gasteiger partial charge in [0.05, 0.1) is 18.8 Å². The van der Waals surface area contributed by atoms with E-state index in [4.69, 9.17) is 9.47 Å². The van der Waals surface area contributed by atoms with Crippen LogP contribution in [0.25, 0.3) is 0 Å². The highest BCUT2D eigenvalue weighted by atomic mass is 16.5. The maximum atomic E-state index is 11.2. The van der Waals surface area contributed by atoms with Crippen molar-refractivity contribution < 1.29 is 19.1 Å². The first-order valence-corrected chi connectivity index (χ1v) is 7.53. The molecule has 0 unspecified atom stereocenters. The fourth-order valence-corrected chi connectivity index (χ4v) is 1.34. The first-order valence-electron chi connectivity index (χ1n) is 7.53. The van der Waals surface area contributed by atoms with Crippen LogP contribution in [-0.4, -0.2) is 25.2 Å². The second-order valence-electron chi connectivity index (χ2n) is 4.47. The van der Waals surface area contributed by atoms with Gasteiger partial charge in [0.25, 0.3) is 0 Å². The zero-order valence-electron chi connectivity index (χ0n) is 13.3. The molecule has 0 radical (unpaired) electrons. The molecule has 0 aliphatic carbocycles. The maximum absolute atomic E-state index is 11.2. The lowest BCUT2D eigenvalue weighted by Gasteiger charge is -2.01. The molecule has 0 fully saturated rings. The molecule has 4 heteroatoms. The van der Waals surface area contributed by atoms with Crippen molar-refractivity contribution in [2.24, 2.45) is 0 Å². The predicted molar refractivity (Wildman–Crippen MR) is 83.2 cm³/mol. The molecule has 4 nitrogen and oxygen atoms in total. The van der Waals surface area contributed by atoms with Crippen LogP contribution in [0.3, 0.4) is 0 Å². The van der Waals surface area contributed by atoms with Crippen LogP contribution < -0.4 is 0 Å². The topological polar surface area (TPSA) is 52.6 Å². The summed E-state index contributed by atoms with van der Waals surface area (Å²) in [6, 6.07) is 9.01. The molecule has 0 N–H and O–H groups in total. The Balaban J connectivity index is 0.000000400. The molecule has 1 aromatic carbocycles. The minimum Gasteiger partial charge on any atom is -0.466 e. The van der Waals surface area contributed by atoms with E-state index in [2.05, 4.69) is 0 Å². The van der Waals surface area contributed by atoms with Crippen molar-refractivity contribution in [2.45, 2.75) is 46.5 Å². The summed E-state index contributed by atoms with van der Waals surface area (Å²) in [5.41, 5.74) is 0.617. The van der Waals surface area contributed by atoms with Crippen molar-refractivity contribution in [1.29, 1.82) is 0 Å². The maximum Gasteiger partial charge on any atom is 0.338 e. The van der Waals surface area contributed by atoms with Gasteiger partial charge in [0.15, 0.2) is 0 Å². The summed E-state index contributed by atoms with van der Waals surface area (Å²) in [4.78, 5) is 21.8. The Hall–Kier alpha value is -1.84. The van der Waals surface area contributed by atoms with Crippen molar-refractivity contribution >= 4 is 11.9 Å². The molecular weight excluding hydrogens is 268 g/mol. The number of esters is 2. The van der Waals surface area contributed by atoms with Crippen LogP contribution in [0.2, 0.25) is 0 Å². The van der Waals surface area contributed by atoms with Crippen LogP contribution in [-0.2, 0) is 14.3 Å². The third kappa shape index (κ3) is 10.6. The Bertz CT molecular complexity index is 387. The van der Waals surface area contributed by atoms with E-state index < -0.39 is 0 Å². The largest absolute Gasteiger partial charge is 0.466 e. The van der Waals surface area contributed by atoms with Gasteiger partial charge in [-0.15, -0.1) is 0 Å². The van der Waals surface area contributed by atoms with Crippen molar-refractivity contribution in [2.75, 3.05) is 13.2 Å². The van der Waals surface area contributed by atoms with Crippen LogP contribution in [0.4, 0.5) is 0 Å². The number of rotatable bonds is 7. The Morgan fingerprint density at radius 3 is 1.95 bits per heavy atom. The average Bonchev–Trinajstić information content (AvgIpc) is 2.52. The lowest BCUT2D eigenvalue weighted by molar-refractivity contribution is -0.143. The van der Waals surface area contributed by atoms with Gasteiger partial charge in [0.1, 0.15) is 0 Å². The van der Waals surface area contributed by atoms with Gasteiger partial charge in [0.2, 0.25) is 0 Å². The number of carbonyl (C=O) groups is 2. The zero-order valence-corrected chi connectivity index (χ0v) is 13.3. The Morgan fingerprint density at radius 1 is 0.857 bits per heavy atom. The number of carbonyl (C=O) groups excluding carboxylic acids is 2. The number of hydrogen-bond donors (Lipinski definition) is 0. The van der Waals surface area contributed by atoms with Crippen molar-refractivity contribution in [3.8, 4) is 0 Å². The fourth-order valence-electron chi connectivity index (χ4n) is 1.34. The van der Waals surface area contributed by atoms with Crippen LogP contribution in [0, 0.1) is 0 Å². The number of benzene rings is 1. The highest BCUT2D eigenvalue weighted by Gasteiger charge is 2.03. The fraction of sp³-hybridized carbons (Fsp3) is 0.529. The smallest absolute Gasteiger partial charge is 0.338 e. The van der Waals surface area contributed by atoms with E-state index in [-0.39, 0.29) is 11.9 Å². The molecule has 0 saturated heterocycles. The third-order valence-electron chi connectivity index (χ3n) is 2.37. The van der Waals surface area contributed by atoms with Crippen molar-refractivity contribution in [1.82, 2.24) is 0 Å². The summed E-state index contributed by atoms with van der Waals surface area (Å²) in [6.07, 6.45) is 3.20. The van der Waals surface area contributed by atoms with Gasteiger partial charge in [0, 0.05) is 6.42 Å². The summed E-state index contributed by atoms with van der Waals surface area (Å²) >= 11 is 0. The minimum absolute atomic E-state index is 0.0700. The van der Waals surface area contributed by atoms with E-state index in [1.807, 2.05) is 39.0 Å². The van der Waals surface area contributed by atoms with Gasteiger partial charge in [-0.05, 0) is 31.4 Å². The average molecular weight is 294 g/mol. The molecule has 21 heavy (non-hydrogen) atoms. The van der Waals surface area contributed by atoms with Gasteiger partial charge in [-0.2, -0.15) is 0 Å². The third-order valence-corrected chi connectivity index (χ3v) is 2.37. The van der Waals surface area contributed by atoms with Crippen LogP contribution >= 0.6 is 0 Å². The highest BCUT2D eigenvalue weighted by molar-refractivity contribution is 5.89. The van der Waals surface area contributed by atoms with E-state index in [1.54, 1.807) is 12.1 Å². The summed E-state index contributed by atoms with van der Waals surface area (Å²) in [5, 5.41) is 0. The molecule has 0 heterocycles. The highest BCUT2D eigenvalue weighted by Crippen LogP contribution is 2.00. The van der Waals surface area contributed by atoms with Gasteiger partial charge in [-0.1, -0.05) is 39.0 Å². The van der Waals surface area contributed by atoms with Gasteiger partial charge in [-0.3, -0.25) is 4.79 Å². The van der Waals surface area contributed by atoms with Crippen LogP contribution in [0.15, 0.2) is 30.3 Å². The summed E-state index contributed by atoms with van der Waals surface area (Å²) < 4.78 is 9.73.